The standard InChI is InChI=1S/C15H13BN2/c1-2-5-12(6-3-1)14-8-10-18-15(14)11-13-7-4-9-17(13)16-18/h1-9,11,16H,10H2. The van der Waals surface area contributed by atoms with E-state index in [-0.39, 0.29) is 0 Å². The molecule has 0 bridgehead atoms. The minimum absolute atomic E-state index is 0.959. The predicted octanol–water partition coefficient (Wildman–Crippen LogP) is 2.36. The molecular weight excluding hydrogens is 219 g/mol. The van der Waals surface area contributed by atoms with Crippen molar-refractivity contribution < 1.29 is 0 Å². The van der Waals surface area contributed by atoms with E-state index >= 15 is 0 Å². The van der Waals surface area contributed by atoms with Gasteiger partial charge in [0.1, 0.15) is 0 Å². The van der Waals surface area contributed by atoms with E-state index in [1.807, 2.05) is 0 Å². The van der Waals surface area contributed by atoms with Crippen LogP contribution in [0, 0.1) is 0 Å². The maximum Gasteiger partial charge on any atom is 0.361 e. The Kier molecular flexibility index (Phi) is 2.00. The highest BCUT2D eigenvalue weighted by atomic mass is 15.2. The molecule has 0 radical (unpaired) electrons. The Morgan fingerprint density at radius 1 is 1.00 bits per heavy atom. The van der Waals surface area contributed by atoms with Gasteiger partial charge in [-0.1, -0.05) is 36.4 Å². The molecule has 1 aromatic carbocycles. The zero-order valence-corrected chi connectivity index (χ0v) is 10.1. The van der Waals surface area contributed by atoms with Crippen LogP contribution in [-0.2, 0) is 0 Å². The molecule has 0 aliphatic carbocycles. The van der Waals surface area contributed by atoms with E-state index in [0.717, 1.165) is 14.1 Å². The van der Waals surface area contributed by atoms with Crippen LogP contribution in [0.5, 0.6) is 0 Å². The quantitative estimate of drug-likeness (QED) is 0.685. The van der Waals surface area contributed by atoms with Gasteiger partial charge in [0.05, 0.1) is 0 Å². The lowest BCUT2D eigenvalue weighted by Crippen LogP contribution is -2.32. The molecule has 4 rings (SSSR count). The summed E-state index contributed by atoms with van der Waals surface area (Å²) in [6.45, 7) is 1.01. The molecule has 3 heterocycles. The molecule has 0 atom stereocenters. The molecule has 0 saturated heterocycles. The van der Waals surface area contributed by atoms with Crippen molar-refractivity contribution in [2.75, 3.05) is 6.54 Å². The van der Waals surface area contributed by atoms with Crippen LogP contribution in [0.1, 0.15) is 11.3 Å². The average molecular weight is 232 g/mol. The second-order valence-electron chi connectivity index (χ2n) is 4.78. The van der Waals surface area contributed by atoms with Gasteiger partial charge in [-0.05, 0) is 30.0 Å². The molecule has 18 heavy (non-hydrogen) atoms. The van der Waals surface area contributed by atoms with E-state index in [1.54, 1.807) is 0 Å². The molecule has 2 aliphatic rings. The number of aromatic nitrogens is 1. The van der Waals surface area contributed by atoms with Crippen molar-refractivity contribution in [2.45, 2.75) is 0 Å². The van der Waals surface area contributed by atoms with E-state index < -0.39 is 0 Å². The molecule has 0 spiro atoms. The van der Waals surface area contributed by atoms with E-state index in [0.29, 0.717) is 0 Å². The summed E-state index contributed by atoms with van der Waals surface area (Å²) in [5.41, 5.74) is 5.33. The fourth-order valence-electron chi connectivity index (χ4n) is 2.77. The highest BCUT2D eigenvalue weighted by Gasteiger charge is 2.25. The van der Waals surface area contributed by atoms with Gasteiger partial charge < -0.3 is 9.29 Å². The first-order valence-electron chi connectivity index (χ1n) is 6.29. The molecule has 2 nitrogen and oxygen atoms in total. The Hall–Kier alpha value is -2.16. The minimum Gasteiger partial charge on any atom is -0.395 e. The van der Waals surface area contributed by atoms with Crippen LogP contribution in [0.3, 0.4) is 0 Å². The summed E-state index contributed by atoms with van der Waals surface area (Å²) in [5, 5.41) is 0. The maximum atomic E-state index is 2.41. The third-order valence-electron chi connectivity index (χ3n) is 3.69. The third-order valence-corrected chi connectivity index (χ3v) is 3.69. The second-order valence-corrected chi connectivity index (χ2v) is 4.78. The monoisotopic (exact) mass is 232 g/mol. The molecular formula is C15H13BN2. The first kappa shape index (κ1) is 9.83. The van der Waals surface area contributed by atoms with Crippen LogP contribution in [0.15, 0.2) is 60.4 Å². The lowest BCUT2D eigenvalue weighted by atomic mass is 9.97. The highest BCUT2D eigenvalue weighted by molar-refractivity contribution is 6.33. The summed E-state index contributed by atoms with van der Waals surface area (Å²) in [6, 6.07) is 14.9. The predicted molar refractivity (Wildman–Crippen MR) is 76.1 cm³/mol. The second kappa shape index (κ2) is 3.67. The zero-order valence-electron chi connectivity index (χ0n) is 10.1. The van der Waals surface area contributed by atoms with Crippen LogP contribution in [-0.4, -0.2) is 23.4 Å². The van der Waals surface area contributed by atoms with Crippen LogP contribution in [0.25, 0.3) is 11.6 Å². The van der Waals surface area contributed by atoms with Gasteiger partial charge in [0.25, 0.3) is 0 Å². The van der Waals surface area contributed by atoms with E-state index in [2.05, 4.69) is 70.1 Å². The van der Waals surface area contributed by atoms with Crippen molar-refractivity contribution in [1.29, 1.82) is 0 Å². The van der Waals surface area contributed by atoms with Crippen molar-refractivity contribution in [3.05, 3.63) is 71.7 Å². The van der Waals surface area contributed by atoms with Gasteiger partial charge in [0.2, 0.25) is 0 Å². The summed E-state index contributed by atoms with van der Waals surface area (Å²) in [4.78, 5) is 2.41. The van der Waals surface area contributed by atoms with Crippen molar-refractivity contribution in [2.24, 2.45) is 0 Å². The Bertz CT molecular complexity index is 652. The number of fused-ring (bicyclic) bond motifs is 2. The van der Waals surface area contributed by atoms with Crippen molar-refractivity contribution in [1.82, 2.24) is 9.29 Å². The van der Waals surface area contributed by atoms with Gasteiger partial charge in [-0.3, -0.25) is 0 Å². The summed E-state index contributed by atoms with van der Waals surface area (Å²) >= 11 is 0. The van der Waals surface area contributed by atoms with Crippen molar-refractivity contribution >= 4 is 19.2 Å². The van der Waals surface area contributed by atoms with Gasteiger partial charge in [0, 0.05) is 23.5 Å². The van der Waals surface area contributed by atoms with E-state index in [4.69, 9.17) is 0 Å². The van der Waals surface area contributed by atoms with Gasteiger partial charge >= 0.3 is 7.55 Å². The molecule has 3 heteroatoms. The van der Waals surface area contributed by atoms with Crippen LogP contribution >= 0.6 is 0 Å². The number of hydrogen-bond acceptors (Lipinski definition) is 1. The number of nitrogens with zero attached hydrogens (tertiary/aromatic N) is 2. The Morgan fingerprint density at radius 3 is 2.78 bits per heavy atom. The normalized spacial score (nSPS) is 16.6. The SMILES string of the molecule is B1N2CC=C(c3ccccc3)C2=Cc2cccn21. The van der Waals surface area contributed by atoms with Gasteiger partial charge in [0.15, 0.2) is 0 Å². The van der Waals surface area contributed by atoms with Gasteiger partial charge in [-0.2, -0.15) is 0 Å². The largest absolute Gasteiger partial charge is 0.395 e. The molecule has 86 valence electrons. The fraction of sp³-hybridized carbons (Fsp3) is 0.0667. The van der Waals surface area contributed by atoms with Crippen LogP contribution in [0.4, 0.5) is 0 Å². The number of benzene rings is 1. The maximum absolute atomic E-state index is 2.41. The zero-order chi connectivity index (χ0) is 11.9. The molecule has 0 N–H and O–H groups in total. The number of hydrogen-bond donors (Lipinski definition) is 0. The minimum atomic E-state index is 0.959. The number of allylic oxidation sites excluding steroid dienone is 1. The van der Waals surface area contributed by atoms with E-state index in [1.165, 1.54) is 22.5 Å². The number of rotatable bonds is 1. The lowest BCUT2D eigenvalue weighted by Gasteiger charge is -2.26. The first-order chi connectivity index (χ1) is 8.92. The summed E-state index contributed by atoms with van der Waals surface area (Å²) < 4.78 is 2.28. The molecule has 0 saturated carbocycles. The lowest BCUT2D eigenvalue weighted by molar-refractivity contribution is 0.635. The molecule has 0 amide bonds. The first-order valence-corrected chi connectivity index (χ1v) is 6.29. The third kappa shape index (κ3) is 1.37. The van der Waals surface area contributed by atoms with Crippen molar-refractivity contribution in [3.63, 3.8) is 0 Å². The Labute approximate surface area is 107 Å². The van der Waals surface area contributed by atoms with Gasteiger partial charge in [-0.25, -0.2) is 0 Å². The highest BCUT2D eigenvalue weighted by Crippen LogP contribution is 2.34. The van der Waals surface area contributed by atoms with Crippen molar-refractivity contribution in [3.8, 4) is 0 Å². The molecule has 2 aromatic rings. The average Bonchev–Trinajstić information content (AvgIpc) is 3.02. The van der Waals surface area contributed by atoms with Crippen LogP contribution < -0.4 is 0 Å². The molecule has 0 unspecified atom stereocenters. The van der Waals surface area contributed by atoms with E-state index in [9.17, 15) is 0 Å². The Morgan fingerprint density at radius 2 is 1.89 bits per heavy atom. The molecule has 0 fully saturated rings. The smallest absolute Gasteiger partial charge is 0.361 e. The molecule has 1 aromatic heterocycles. The van der Waals surface area contributed by atoms with Crippen LogP contribution in [0.2, 0.25) is 0 Å². The summed E-state index contributed by atoms with van der Waals surface area (Å²) in [6.07, 6.45) is 6.76. The van der Waals surface area contributed by atoms with Gasteiger partial charge in [-0.15, -0.1) is 0 Å². The molecule has 2 aliphatic heterocycles. The topological polar surface area (TPSA) is 8.17 Å². The summed E-state index contributed by atoms with van der Waals surface area (Å²) in [5.74, 6) is 0. The summed E-state index contributed by atoms with van der Waals surface area (Å²) in [7, 11) is 0.959. The fourth-order valence-corrected chi connectivity index (χ4v) is 2.77. The Balaban J connectivity index is 1.81.